The lowest BCUT2D eigenvalue weighted by atomic mass is 10.0. The fourth-order valence-corrected chi connectivity index (χ4v) is 2.22. The van der Waals surface area contributed by atoms with Crippen molar-refractivity contribution in [2.24, 2.45) is 0 Å². The second kappa shape index (κ2) is 7.46. The molecule has 0 spiro atoms. The predicted molar refractivity (Wildman–Crippen MR) is 74.9 cm³/mol. The average molecular weight is 387 g/mol. The van der Waals surface area contributed by atoms with E-state index in [9.17, 15) is 39.5 Å². The summed E-state index contributed by atoms with van der Waals surface area (Å²) >= 11 is 0. The van der Waals surface area contributed by atoms with E-state index in [1.165, 1.54) is 0 Å². The van der Waals surface area contributed by atoms with Gasteiger partial charge in [-0.2, -0.15) is 0 Å². The molecular formula is C16H10F9N. The van der Waals surface area contributed by atoms with E-state index in [2.05, 4.69) is 5.32 Å². The molecule has 0 aliphatic carbocycles. The van der Waals surface area contributed by atoms with Crippen molar-refractivity contribution in [3.8, 4) is 11.1 Å². The topological polar surface area (TPSA) is 12.0 Å². The zero-order valence-electron chi connectivity index (χ0n) is 13.0. The highest BCUT2D eigenvalue weighted by molar-refractivity contribution is 5.70. The summed E-state index contributed by atoms with van der Waals surface area (Å²) in [5.74, 6) is -21.6. The fraction of sp³-hybridized carbons (Fsp3) is 0.250. The number of unbranched alkanes of at least 4 members (excludes halogenated alkanes) is 1. The first kappa shape index (κ1) is 19.9. The van der Waals surface area contributed by atoms with Crippen molar-refractivity contribution in [1.82, 2.24) is 0 Å². The largest absolute Gasteiger partial charge is 0.380 e. The van der Waals surface area contributed by atoms with E-state index in [-0.39, 0.29) is 6.54 Å². The molecule has 10 heteroatoms. The molecule has 1 N–H and O–H groups in total. The summed E-state index contributed by atoms with van der Waals surface area (Å²) in [7, 11) is 0. The number of benzene rings is 2. The maximum Gasteiger partial charge on any atom is 0.200 e. The van der Waals surface area contributed by atoms with Crippen molar-refractivity contribution in [3.05, 3.63) is 52.4 Å². The van der Waals surface area contributed by atoms with E-state index in [0.29, 0.717) is 12.8 Å². The van der Waals surface area contributed by atoms with Crippen LogP contribution in [-0.2, 0) is 0 Å². The minimum atomic E-state index is -2.59. The monoisotopic (exact) mass is 387 g/mol. The zero-order chi connectivity index (χ0) is 19.8. The van der Waals surface area contributed by atoms with Gasteiger partial charge in [-0.15, -0.1) is 0 Å². The molecule has 0 radical (unpaired) electrons. The molecule has 0 heterocycles. The van der Waals surface area contributed by atoms with Gasteiger partial charge in [0.2, 0.25) is 5.82 Å². The van der Waals surface area contributed by atoms with E-state index in [1.807, 2.05) is 0 Å². The summed E-state index contributed by atoms with van der Waals surface area (Å²) in [5.41, 5.74) is -5.38. The lowest BCUT2D eigenvalue weighted by molar-refractivity contribution is 0.379. The Bertz CT molecular complexity index is 806. The molecule has 0 aliphatic heterocycles. The average Bonchev–Trinajstić information content (AvgIpc) is 2.62. The first-order valence-electron chi connectivity index (χ1n) is 7.26. The van der Waals surface area contributed by atoms with Gasteiger partial charge in [-0.25, -0.2) is 39.5 Å². The number of nitrogens with one attached hydrogen (secondary N) is 1. The Morgan fingerprint density at radius 1 is 0.538 bits per heavy atom. The van der Waals surface area contributed by atoms with Crippen molar-refractivity contribution in [1.29, 1.82) is 0 Å². The van der Waals surface area contributed by atoms with Crippen LogP contribution in [0.2, 0.25) is 0 Å². The third kappa shape index (κ3) is 3.08. The van der Waals surface area contributed by atoms with Crippen molar-refractivity contribution >= 4 is 5.69 Å². The predicted octanol–water partition coefficient (Wildman–Crippen LogP) is 5.82. The number of hydrogen-bond acceptors (Lipinski definition) is 1. The third-order valence-electron chi connectivity index (χ3n) is 3.56. The van der Waals surface area contributed by atoms with Crippen molar-refractivity contribution in [2.75, 3.05) is 11.9 Å². The minimum Gasteiger partial charge on any atom is -0.380 e. The van der Waals surface area contributed by atoms with Crippen LogP contribution in [-0.4, -0.2) is 6.54 Å². The molecule has 0 bridgehead atoms. The highest BCUT2D eigenvalue weighted by Gasteiger charge is 2.34. The van der Waals surface area contributed by atoms with E-state index in [0.717, 1.165) is 0 Å². The standard InChI is InChI=1S/C16H10F9N/c1-2-3-4-26-16-14(24)9(19)6(10(20)15(16)25)5-7(17)11(21)13(23)12(22)8(5)18/h26H,2-4H2,1H3. The summed E-state index contributed by atoms with van der Waals surface area (Å²) in [6.07, 6.45) is 0.950. The second-order valence-electron chi connectivity index (χ2n) is 5.23. The van der Waals surface area contributed by atoms with Gasteiger partial charge in [0.05, 0.1) is 11.1 Å². The van der Waals surface area contributed by atoms with Crippen LogP contribution in [0.3, 0.4) is 0 Å². The molecule has 0 saturated heterocycles. The minimum absolute atomic E-state index is 0.0783. The van der Waals surface area contributed by atoms with Gasteiger partial charge in [-0.3, -0.25) is 0 Å². The van der Waals surface area contributed by atoms with Crippen molar-refractivity contribution in [3.63, 3.8) is 0 Å². The van der Waals surface area contributed by atoms with Crippen LogP contribution in [0.4, 0.5) is 45.2 Å². The smallest absolute Gasteiger partial charge is 0.200 e. The molecule has 0 fully saturated rings. The first-order chi connectivity index (χ1) is 12.1. The highest BCUT2D eigenvalue weighted by Crippen LogP contribution is 2.39. The van der Waals surface area contributed by atoms with E-state index >= 15 is 0 Å². The summed E-state index contributed by atoms with van der Waals surface area (Å²) in [4.78, 5) is 0. The first-order valence-corrected chi connectivity index (χ1v) is 7.26. The third-order valence-corrected chi connectivity index (χ3v) is 3.56. The van der Waals surface area contributed by atoms with Gasteiger partial charge in [-0.05, 0) is 6.42 Å². The second-order valence-corrected chi connectivity index (χ2v) is 5.23. The van der Waals surface area contributed by atoms with Crippen LogP contribution in [0.1, 0.15) is 19.8 Å². The summed E-state index contributed by atoms with van der Waals surface area (Å²) in [6.45, 7) is 1.65. The van der Waals surface area contributed by atoms with Crippen LogP contribution in [0, 0.1) is 52.4 Å². The number of anilines is 1. The van der Waals surface area contributed by atoms with Gasteiger partial charge >= 0.3 is 0 Å². The maximum absolute atomic E-state index is 14.1. The van der Waals surface area contributed by atoms with Gasteiger partial charge < -0.3 is 5.32 Å². The summed E-state index contributed by atoms with van der Waals surface area (Å²) in [5, 5.41) is 2.08. The molecule has 2 aromatic carbocycles. The molecule has 1 nitrogen and oxygen atoms in total. The lowest BCUT2D eigenvalue weighted by Gasteiger charge is -2.15. The Kier molecular flexibility index (Phi) is 5.72. The number of hydrogen-bond donors (Lipinski definition) is 1. The van der Waals surface area contributed by atoms with E-state index < -0.39 is 69.2 Å². The van der Waals surface area contributed by atoms with Crippen molar-refractivity contribution in [2.45, 2.75) is 19.8 Å². The lowest BCUT2D eigenvalue weighted by Crippen LogP contribution is -2.12. The normalized spacial score (nSPS) is 11.2. The van der Waals surface area contributed by atoms with Crippen molar-refractivity contribution < 1.29 is 39.5 Å². The van der Waals surface area contributed by atoms with E-state index in [4.69, 9.17) is 0 Å². The molecule has 0 amide bonds. The van der Waals surface area contributed by atoms with Crippen LogP contribution < -0.4 is 5.32 Å². The maximum atomic E-state index is 14.1. The SMILES string of the molecule is CCCCNc1c(F)c(F)c(-c2c(F)c(F)c(F)c(F)c2F)c(F)c1F. The molecule has 2 aromatic rings. The Morgan fingerprint density at radius 2 is 0.885 bits per heavy atom. The Balaban J connectivity index is 2.78. The molecule has 0 atom stereocenters. The zero-order valence-corrected chi connectivity index (χ0v) is 13.0. The molecular weight excluding hydrogens is 377 g/mol. The van der Waals surface area contributed by atoms with Gasteiger partial charge in [0, 0.05) is 6.54 Å². The summed E-state index contributed by atoms with van der Waals surface area (Å²) < 4.78 is 123. The highest BCUT2D eigenvalue weighted by atomic mass is 19.2. The van der Waals surface area contributed by atoms with Gasteiger partial charge in [-0.1, -0.05) is 13.3 Å². The quantitative estimate of drug-likeness (QED) is 0.295. The molecule has 0 saturated carbocycles. The van der Waals surface area contributed by atoms with Crippen LogP contribution >= 0.6 is 0 Å². The van der Waals surface area contributed by atoms with Crippen LogP contribution in [0.5, 0.6) is 0 Å². The Hall–Kier alpha value is -2.39. The molecule has 0 unspecified atom stereocenters. The molecule has 0 aliphatic rings. The fourth-order valence-electron chi connectivity index (χ4n) is 2.22. The van der Waals surface area contributed by atoms with Crippen LogP contribution in [0.25, 0.3) is 11.1 Å². The van der Waals surface area contributed by atoms with Gasteiger partial charge in [0.25, 0.3) is 0 Å². The number of rotatable bonds is 5. The molecule has 0 aromatic heterocycles. The Morgan fingerprint density at radius 3 is 1.27 bits per heavy atom. The van der Waals surface area contributed by atoms with E-state index in [1.54, 1.807) is 6.92 Å². The molecule has 142 valence electrons. The number of halogens is 9. The molecule has 2 rings (SSSR count). The van der Waals surface area contributed by atoms with Gasteiger partial charge in [0.1, 0.15) is 5.69 Å². The van der Waals surface area contributed by atoms with Gasteiger partial charge in [0.15, 0.2) is 46.5 Å². The molecule has 26 heavy (non-hydrogen) atoms. The summed E-state index contributed by atoms with van der Waals surface area (Å²) in [6, 6.07) is 0. The Labute approximate surface area is 141 Å². The van der Waals surface area contributed by atoms with Crippen LogP contribution in [0.15, 0.2) is 0 Å².